The standard InChI is InChI=1S/C11H9N3O4S2/c1-2-18-10(15)9-12-13-11(20-9)19-8-5-3-7(4-6-8)14(16)17/h3-6H,2H2,1H3. The molecule has 104 valence electrons. The molecule has 7 nitrogen and oxygen atoms in total. The Morgan fingerprint density at radius 2 is 2.10 bits per heavy atom. The molecule has 0 radical (unpaired) electrons. The van der Waals surface area contributed by atoms with Gasteiger partial charge in [0.05, 0.1) is 11.5 Å². The van der Waals surface area contributed by atoms with Gasteiger partial charge in [-0.2, -0.15) is 0 Å². The van der Waals surface area contributed by atoms with E-state index in [0.29, 0.717) is 4.34 Å². The molecular weight excluding hydrogens is 302 g/mol. The molecule has 1 aromatic carbocycles. The van der Waals surface area contributed by atoms with E-state index in [4.69, 9.17) is 4.74 Å². The highest BCUT2D eigenvalue weighted by molar-refractivity contribution is 8.01. The van der Waals surface area contributed by atoms with E-state index in [2.05, 4.69) is 10.2 Å². The van der Waals surface area contributed by atoms with Gasteiger partial charge in [-0.15, -0.1) is 10.2 Å². The predicted molar refractivity (Wildman–Crippen MR) is 73.1 cm³/mol. The fourth-order valence-corrected chi connectivity index (χ4v) is 2.98. The Morgan fingerprint density at radius 1 is 1.40 bits per heavy atom. The van der Waals surface area contributed by atoms with Crippen LogP contribution < -0.4 is 0 Å². The highest BCUT2D eigenvalue weighted by Crippen LogP contribution is 2.31. The molecule has 0 N–H and O–H groups in total. The molecule has 2 rings (SSSR count). The third kappa shape index (κ3) is 3.52. The second-order valence-electron chi connectivity index (χ2n) is 3.45. The average Bonchev–Trinajstić information content (AvgIpc) is 2.88. The lowest BCUT2D eigenvalue weighted by molar-refractivity contribution is -0.384. The fourth-order valence-electron chi connectivity index (χ4n) is 1.26. The lowest BCUT2D eigenvalue weighted by Gasteiger charge is -1.96. The number of nitro groups is 1. The highest BCUT2D eigenvalue weighted by atomic mass is 32.2. The molecule has 0 saturated heterocycles. The number of non-ortho nitro benzene ring substituents is 1. The first-order chi connectivity index (χ1) is 9.60. The average molecular weight is 311 g/mol. The number of carbonyl (C=O) groups excluding carboxylic acids is 1. The van der Waals surface area contributed by atoms with Crippen LogP contribution in [0.1, 0.15) is 16.7 Å². The maximum Gasteiger partial charge on any atom is 0.369 e. The van der Waals surface area contributed by atoms with E-state index < -0.39 is 10.9 Å². The minimum atomic E-state index is -0.499. The van der Waals surface area contributed by atoms with Crippen molar-refractivity contribution < 1.29 is 14.5 Å². The van der Waals surface area contributed by atoms with Crippen LogP contribution in [0, 0.1) is 10.1 Å². The number of nitrogens with zero attached hydrogens (tertiary/aromatic N) is 3. The topological polar surface area (TPSA) is 95.2 Å². The van der Waals surface area contributed by atoms with E-state index in [1.165, 1.54) is 23.9 Å². The first-order valence-corrected chi connectivity index (χ1v) is 7.16. The maximum atomic E-state index is 11.4. The van der Waals surface area contributed by atoms with Gasteiger partial charge >= 0.3 is 5.97 Å². The molecule has 0 aliphatic heterocycles. The van der Waals surface area contributed by atoms with Crippen molar-refractivity contribution in [1.29, 1.82) is 0 Å². The van der Waals surface area contributed by atoms with Crippen LogP contribution in [0.25, 0.3) is 0 Å². The molecule has 2 aromatic rings. The van der Waals surface area contributed by atoms with Crippen molar-refractivity contribution in [3.8, 4) is 0 Å². The Labute approximate surface area is 122 Å². The zero-order valence-electron chi connectivity index (χ0n) is 10.3. The highest BCUT2D eigenvalue weighted by Gasteiger charge is 2.14. The smallest absolute Gasteiger partial charge is 0.369 e. The van der Waals surface area contributed by atoms with E-state index in [-0.39, 0.29) is 17.3 Å². The van der Waals surface area contributed by atoms with Gasteiger partial charge in [0.15, 0.2) is 4.34 Å². The number of rotatable bonds is 5. The predicted octanol–water partition coefficient (Wildman–Crippen LogP) is 2.77. The lowest BCUT2D eigenvalue weighted by atomic mass is 10.3. The molecular formula is C11H9N3O4S2. The molecule has 0 unspecified atom stereocenters. The maximum absolute atomic E-state index is 11.4. The van der Waals surface area contributed by atoms with E-state index in [9.17, 15) is 14.9 Å². The third-order valence-corrected chi connectivity index (χ3v) is 4.07. The Hall–Kier alpha value is -2.00. The SMILES string of the molecule is CCOC(=O)c1nnc(Sc2ccc([N+](=O)[O-])cc2)s1. The van der Waals surface area contributed by atoms with Gasteiger partial charge in [-0.1, -0.05) is 23.1 Å². The molecule has 0 saturated carbocycles. The molecule has 1 heterocycles. The molecule has 1 aromatic heterocycles. The number of benzene rings is 1. The second kappa shape index (κ2) is 6.44. The van der Waals surface area contributed by atoms with Crippen molar-refractivity contribution in [2.24, 2.45) is 0 Å². The van der Waals surface area contributed by atoms with Crippen molar-refractivity contribution >= 4 is 34.8 Å². The van der Waals surface area contributed by atoms with Gasteiger partial charge in [0.2, 0.25) is 5.01 Å². The number of aromatic nitrogens is 2. The summed E-state index contributed by atoms with van der Waals surface area (Å²) in [5.74, 6) is -0.499. The number of hydrogen-bond acceptors (Lipinski definition) is 8. The van der Waals surface area contributed by atoms with E-state index in [0.717, 1.165) is 16.2 Å². The van der Waals surface area contributed by atoms with Crippen LogP contribution in [-0.4, -0.2) is 27.7 Å². The van der Waals surface area contributed by atoms with Crippen LogP contribution in [0.3, 0.4) is 0 Å². The molecule has 0 spiro atoms. The summed E-state index contributed by atoms with van der Waals surface area (Å²) in [5, 5.41) is 18.3. The van der Waals surface area contributed by atoms with Crippen LogP contribution in [0.4, 0.5) is 5.69 Å². The van der Waals surface area contributed by atoms with Crippen LogP contribution in [0.5, 0.6) is 0 Å². The summed E-state index contributed by atoms with van der Waals surface area (Å²) in [7, 11) is 0. The van der Waals surface area contributed by atoms with Gasteiger partial charge in [-0.25, -0.2) is 4.79 Å². The van der Waals surface area contributed by atoms with E-state index in [1.807, 2.05) is 0 Å². The number of ether oxygens (including phenoxy) is 1. The van der Waals surface area contributed by atoms with Crippen LogP contribution in [0.15, 0.2) is 33.5 Å². The minimum absolute atomic E-state index is 0.0267. The minimum Gasteiger partial charge on any atom is -0.461 e. The zero-order chi connectivity index (χ0) is 14.5. The second-order valence-corrected chi connectivity index (χ2v) is 5.74. The molecule has 0 amide bonds. The van der Waals surface area contributed by atoms with Crippen molar-refractivity contribution in [3.05, 3.63) is 39.4 Å². The molecule has 20 heavy (non-hydrogen) atoms. The van der Waals surface area contributed by atoms with Gasteiger partial charge < -0.3 is 4.74 Å². The fraction of sp³-hybridized carbons (Fsp3) is 0.182. The zero-order valence-corrected chi connectivity index (χ0v) is 11.9. The number of carbonyl (C=O) groups is 1. The quantitative estimate of drug-likeness (QED) is 0.476. The van der Waals surface area contributed by atoms with Gasteiger partial charge in [0, 0.05) is 17.0 Å². The summed E-state index contributed by atoms with van der Waals surface area (Å²) in [4.78, 5) is 22.3. The monoisotopic (exact) mass is 311 g/mol. The summed E-state index contributed by atoms with van der Waals surface area (Å²) in [6.45, 7) is 1.99. The van der Waals surface area contributed by atoms with Crippen molar-refractivity contribution in [2.75, 3.05) is 6.61 Å². The van der Waals surface area contributed by atoms with Gasteiger partial charge in [-0.05, 0) is 19.1 Å². The van der Waals surface area contributed by atoms with E-state index in [1.54, 1.807) is 19.1 Å². The summed E-state index contributed by atoms with van der Waals surface area (Å²) in [6, 6.07) is 6.06. The molecule has 0 bridgehead atoms. The third-order valence-electron chi connectivity index (χ3n) is 2.11. The number of nitro benzene ring substituents is 1. The summed E-state index contributed by atoms with van der Waals surface area (Å²) < 4.78 is 5.39. The van der Waals surface area contributed by atoms with Crippen molar-refractivity contribution in [2.45, 2.75) is 16.2 Å². The molecule has 9 heteroatoms. The Bertz CT molecular complexity index is 627. The first-order valence-electron chi connectivity index (χ1n) is 5.53. The molecule has 0 atom stereocenters. The lowest BCUT2D eigenvalue weighted by Crippen LogP contribution is -2.03. The van der Waals surface area contributed by atoms with Crippen molar-refractivity contribution in [3.63, 3.8) is 0 Å². The molecule has 0 fully saturated rings. The summed E-state index contributed by atoms with van der Waals surface area (Å²) >= 11 is 2.40. The first kappa shape index (κ1) is 14.4. The van der Waals surface area contributed by atoms with Crippen LogP contribution >= 0.6 is 23.1 Å². The Morgan fingerprint density at radius 3 is 2.70 bits per heavy atom. The Balaban J connectivity index is 2.06. The van der Waals surface area contributed by atoms with Crippen LogP contribution in [0.2, 0.25) is 0 Å². The van der Waals surface area contributed by atoms with Crippen LogP contribution in [-0.2, 0) is 4.74 Å². The van der Waals surface area contributed by atoms with E-state index >= 15 is 0 Å². The van der Waals surface area contributed by atoms with Gasteiger partial charge in [-0.3, -0.25) is 10.1 Å². The summed E-state index contributed by atoms with van der Waals surface area (Å²) in [5.41, 5.74) is 0.0267. The Kier molecular flexibility index (Phi) is 4.64. The van der Waals surface area contributed by atoms with Crippen molar-refractivity contribution in [1.82, 2.24) is 10.2 Å². The normalized spacial score (nSPS) is 10.2. The molecule has 0 aliphatic carbocycles. The summed E-state index contributed by atoms with van der Waals surface area (Å²) in [6.07, 6.45) is 0. The number of hydrogen-bond donors (Lipinski definition) is 0. The molecule has 0 aliphatic rings. The van der Waals surface area contributed by atoms with Gasteiger partial charge in [0.1, 0.15) is 0 Å². The van der Waals surface area contributed by atoms with Gasteiger partial charge in [0.25, 0.3) is 5.69 Å². The number of esters is 1. The largest absolute Gasteiger partial charge is 0.461 e.